The standard InChI is InChI=1S/C24H18ClF6N9O2/c1-37-22(32-12-33-37)15-6-8-38(35-15)16(7-9-42-23(27)28)17-4-2-13(10-40(17)41)20-18(5-3-14(25)21(20)26)39-11-19(34-36-39)24(29,30)31/h2-6,8,10-12,16,23H,7,9H2,1H3/t16-/m0/s1. The van der Waals surface area contributed by atoms with Crippen LogP contribution < -0.4 is 4.73 Å². The van der Waals surface area contributed by atoms with Crippen molar-refractivity contribution in [2.75, 3.05) is 6.61 Å². The summed E-state index contributed by atoms with van der Waals surface area (Å²) in [5, 5.41) is 27.9. The van der Waals surface area contributed by atoms with Gasteiger partial charge in [-0.1, -0.05) is 16.8 Å². The second-order valence-electron chi connectivity index (χ2n) is 8.79. The Morgan fingerprint density at radius 2 is 1.93 bits per heavy atom. The lowest BCUT2D eigenvalue weighted by atomic mass is 10.0. The number of hydrogen-bond acceptors (Lipinski definition) is 7. The number of rotatable bonds is 9. The molecule has 5 aromatic rings. The molecule has 0 fully saturated rings. The molecular formula is C24H18ClF6N9O2. The van der Waals surface area contributed by atoms with Gasteiger partial charge >= 0.3 is 12.8 Å². The van der Waals surface area contributed by atoms with Crippen molar-refractivity contribution in [3.8, 4) is 28.3 Å². The highest BCUT2D eigenvalue weighted by Gasteiger charge is 2.35. The third-order valence-corrected chi connectivity index (χ3v) is 6.47. The molecule has 1 aromatic carbocycles. The van der Waals surface area contributed by atoms with Crippen molar-refractivity contribution in [2.45, 2.75) is 25.3 Å². The third-order valence-electron chi connectivity index (χ3n) is 6.18. The molecule has 0 aliphatic rings. The molecule has 1 atom stereocenters. The van der Waals surface area contributed by atoms with Crippen molar-refractivity contribution >= 4 is 11.6 Å². The van der Waals surface area contributed by atoms with E-state index in [0.717, 1.165) is 12.3 Å². The van der Waals surface area contributed by atoms with Crippen LogP contribution in [0.5, 0.6) is 0 Å². The van der Waals surface area contributed by atoms with E-state index in [9.17, 15) is 27.2 Å². The minimum absolute atomic E-state index is 0.0216. The second-order valence-corrected chi connectivity index (χ2v) is 9.20. The fourth-order valence-electron chi connectivity index (χ4n) is 4.26. The Kier molecular flexibility index (Phi) is 7.87. The monoisotopic (exact) mass is 613 g/mol. The Balaban J connectivity index is 1.55. The second kappa shape index (κ2) is 11.4. The van der Waals surface area contributed by atoms with Gasteiger partial charge in [-0.25, -0.2) is 18.7 Å². The number of nitrogens with zero attached hydrogens (tertiary/aromatic N) is 9. The van der Waals surface area contributed by atoms with Crippen molar-refractivity contribution in [3.63, 3.8) is 0 Å². The van der Waals surface area contributed by atoms with Gasteiger partial charge in [0.05, 0.1) is 34.6 Å². The first-order valence-corrected chi connectivity index (χ1v) is 12.3. The lowest BCUT2D eigenvalue weighted by Gasteiger charge is -2.18. The largest absolute Gasteiger partial charge is 0.618 e. The van der Waals surface area contributed by atoms with Crippen molar-refractivity contribution in [1.82, 2.24) is 39.5 Å². The molecule has 5 rings (SSSR count). The van der Waals surface area contributed by atoms with Crippen LogP contribution >= 0.6 is 11.6 Å². The van der Waals surface area contributed by atoms with Crippen LogP contribution in [0.15, 0.2) is 55.2 Å². The van der Waals surface area contributed by atoms with Crippen LogP contribution in [0.2, 0.25) is 5.02 Å². The number of aromatic nitrogens is 9. The Hall–Kier alpha value is -4.51. The van der Waals surface area contributed by atoms with E-state index >= 15 is 4.39 Å². The fourth-order valence-corrected chi connectivity index (χ4v) is 4.42. The first kappa shape index (κ1) is 29.0. The molecule has 42 heavy (non-hydrogen) atoms. The molecule has 0 N–H and O–H groups in total. The SMILES string of the molecule is Cn1ncnc1-c1ccn([C@@H](CCOC(F)F)c2ccc(-c3c(-n4cc(C(F)(F)F)nn4)ccc(Cl)c3F)c[n+]2[O-])n1. The fraction of sp³-hybridized carbons (Fsp3) is 0.250. The van der Waals surface area contributed by atoms with Gasteiger partial charge in [0, 0.05) is 25.7 Å². The van der Waals surface area contributed by atoms with Crippen LogP contribution in [-0.4, -0.2) is 52.8 Å². The molecule has 0 bridgehead atoms. The highest BCUT2D eigenvalue weighted by molar-refractivity contribution is 6.31. The summed E-state index contributed by atoms with van der Waals surface area (Å²) in [5.74, 6) is -0.610. The predicted octanol–water partition coefficient (Wildman–Crippen LogP) is 4.59. The number of aryl methyl sites for hydroxylation is 1. The number of benzene rings is 1. The predicted molar refractivity (Wildman–Crippen MR) is 133 cm³/mol. The molecule has 0 saturated heterocycles. The molecule has 18 heteroatoms. The maximum Gasteiger partial charge on any atom is 0.436 e. The van der Waals surface area contributed by atoms with E-state index in [1.165, 1.54) is 40.1 Å². The molecule has 11 nitrogen and oxygen atoms in total. The van der Waals surface area contributed by atoms with Crippen LogP contribution in [0, 0.1) is 11.0 Å². The zero-order chi connectivity index (χ0) is 30.2. The van der Waals surface area contributed by atoms with Gasteiger partial charge in [-0.2, -0.15) is 36.9 Å². The Morgan fingerprint density at radius 3 is 2.57 bits per heavy atom. The van der Waals surface area contributed by atoms with Gasteiger partial charge in [0.15, 0.2) is 23.5 Å². The van der Waals surface area contributed by atoms with Crippen molar-refractivity contribution in [3.05, 3.63) is 82.7 Å². The zero-order valence-corrected chi connectivity index (χ0v) is 22.0. The van der Waals surface area contributed by atoms with Gasteiger partial charge in [-0.05, 0) is 24.3 Å². The first-order valence-electron chi connectivity index (χ1n) is 11.9. The van der Waals surface area contributed by atoms with Crippen molar-refractivity contribution in [1.29, 1.82) is 0 Å². The van der Waals surface area contributed by atoms with Crippen LogP contribution in [0.1, 0.15) is 23.9 Å². The Labute approximate surface area is 237 Å². The molecule has 0 aliphatic heterocycles. The maximum absolute atomic E-state index is 15.3. The first-order chi connectivity index (χ1) is 19.9. The smallest absolute Gasteiger partial charge is 0.436 e. The van der Waals surface area contributed by atoms with Gasteiger partial charge in [-0.15, -0.1) is 5.10 Å². The quantitative estimate of drug-likeness (QED) is 0.136. The van der Waals surface area contributed by atoms with E-state index < -0.39 is 36.9 Å². The summed E-state index contributed by atoms with van der Waals surface area (Å²) in [6, 6.07) is 5.65. The molecule has 0 radical (unpaired) electrons. The van der Waals surface area contributed by atoms with Gasteiger partial charge in [0.25, 0.3) is 0 Å². The number of alkyl halides is 5. The average Bonchev–Trinajstić information content (AvgIpc) is 3.69. The summed E-state index contributed by atoms with van der Waals surface area (Å²) in [4.78, 5) is 4.11. The average molecular weight is 614 g/mol. The molecular weight excluding hydrogens is 596 g/mol. The van der Waals surface area contributed by atoms with Gasteiger partial charge in [0.1, 0.15) is 18.1 Å². The summed E-state index contributed by atoms with van der Waals surface area (Å²) < 4.78 is 88.4. The molecule has 0 unspecified atom stereocenters. The summed E-state index contributed by atoms with van der Waals surface area (Å²) >= 11 is 5.96. The highest BCUT2D eigenvalue weighted by atomic mass is 35.5. The lowest BCUT2D eigenvalue weighted by Crippen LogP contribution is -2.36. The van der Waals surface area contributed by atoms with Crippen LogP contribution in [0.3, 0.4) is 0 Å². The van der Waals surface area contributed by atoms with Crippen molar-refractivity contribution in [2.24, 2.45) is 7.05 Å². The van der Waals surface area contributed by atoms with Crippen LogP contribution in [-0.2, 0) is 18.0 Å². The zero-order valence-electron chi connectivity index (χ0n) is 21.3. The summed E-state index contributed by atoms with van der Waals surface area (Å²) in [6.45, 7) is -3.48. The Bertz CT molecular complexity index is 1720. The number of halogens is 7. The van der Waals surface area contributed by atoms with E-state index in [1.54, 1.807) is 13.1 Å². The molecule has 220 valence electrons. The number of pyridine rings is 1. The van der Waals surface area contributed by atoms with Crippen LogP contribution in [0.4, 0.5) is 26.3 Å². The normalized spacial score (nSPS) is 12.8. The van der Waals surface area contributed by atoms with E-state index in [2.05, 4.69) is 30.2 Å². The molecule has 0 aliphatic carbocycles. The third kappa shape index (κ3) is 5.78. The summed E-state index contributed by atoms with van der Waals surface area (Å²) in [7, 11) is 1.64. The molecule has 4 aromatic heterocycles. The summed E-state index contributed by atoms with van der Waals surface area (Å²) in [6.07, 6.45) is -0.532. The topological polar surface area (TPSA) is 115 Å². The van der Waals surface area contributed by atoms with Gasteiger partial charge < -0.3 is 9.94 Å². The Morgan fingerprint density at radius 1 is 1.14 bits per heavy atom. The minimum atomic E-state index is -4.80. The summed E-state index contributed by atoms with van der Waals surface area (Å²) in [5.41, 5.74) is -1.45. The maximum atomic E-state index is 15.3. The lowest BCUT2D eigenvalue weighted by molar-refractivity contribution is -0.615. The van der Waals surface area contributed by atoms with E-state index in [4.69, 9.17) is 11.6 Å². The van der Waals surface area contributed by atoms with E-state index in [0.29, 0.717) is 27.1 Å². The molecule has 0 saturated carbocycles. The van der Waals surface area contributed by atoms with Gasteiger partial charge in [-0.3, -0.25) is 4.68 Å². The van der Waals surface area contributed by atoms with Crippen LogP contribution in [0.25, 0.3) is 28.3 Å². The van der Waals surface area contributed by atoms with E-state index in [1.807, 2.05) is 0 Å². The highest BCUT2D eigenvalue weighted by Crippen LogP contribution is 2.35. The number of hydrogen-bond donors (Lipinski definition) is 0. The molecule has 0 amide bonds. The number of ether oxygens (including phenoxy) is 1. The molecule has 4 heterocycles. The van der Waals surface area contributed by atoms with Gasteiger partial charge in [0.2, 0.25) is 5.69 Å². The van der Waals surface area contributed by atoms with E-state index in [-0.39, 0.29) is 34.0 Å². The van der Waals surface area contributed by atoms with Crippen molar-refractivity contribution < 1.29 is 35.8 Å². The minimum Gasteiger partial charge on any atom is -0.618 e. The molecule has 0 spiro atoms.